The molecule has 0 fully saturated rings. The summed E-state index contributed by atoms with van der Waals surface area (Å²) >= 11 is 0. The van der Waals surface area contributed by atoms with Crippen molar-refractivity contribution in [3.05, 3.63) is 29.8 Å². The van der Waals surface area contributed by atoms with Gasteiger partial charge in [0.25, 0.3) is 0 Å². The number of benzene rings is 1. The summed E-state index contributed by atoms with van der Waals surface area (Å²) in [7, 11) is 0. The van der Waals surface area contributed by atoms with E-state index in [4.69, 9.17) is 0 Å². The Hall–Kier alpha value is -2.04. The average Bonchev–Trinajstić information content (AvgIpc) is 2.71. The molecule has 0 aliphatic carbocycles. The minimum absolute atomic E-state index is 0.157. The maximum Gasteiger partial charge on any atom is 0.179 e. The molecular formula is C10H10N4O. The molecule has 1 aromatic carbocycles. The number of aromatic nitrogens is 4. The lowest BCUT2D eigenvalue weighted by Gasteiger charge is -1.98. The highest BCUT2D eigenvalue weighted by Crippen LogP contribution is 2.14. The zero-order valence-corrected chi connectivity index (χ0v) is 8.27. The quantitative estimate of drug-likeness (QED) is 0.805. The second kappa shape index (κ2) is 4.00. The molecule has 2 aromatic rings. The Morgan fingerprint density at radius 2 is 2.07 bits per heavy atom. The van der Waals surface area contributed by atoms with Crippen LogP contribution in [0.3, 0.4) is 0 Å². The zero-order chi connectivity index (χ0) is 10.7. The molecule has 76 valence electrons. The van der Waals surface area contributed by atoms with Crippen LogP contribution in [0, 0.1) is 0 Å². The number of nitrogens with one attached hydrogen (secondary N) is 1. The number of ketones is 1. The number of hydrogen-bond donors (Lipinski definition) is 1. The fourth-order valence-corrected chi connectivity index (χ4v) is 1.35. The molecule has 5 nitrogen and oxygen atoms in total. The number of Topliss-reactive ketones (excluding diaryl/α,β-unsaturated/α-hetero) is 1. The van der Waals surface area contributed by atoms with E-state index in [1.807, 2.05) is 24.3 Å². The molecule has 0 spiro atoms. The Morgan fingerprint density at radius 1 is 1.33 bits per heavy atom. The number of carbonyl (C=O) groups is 1. The summed E-state index contributed by atoms with van der Waals surface area (Å²) in [6, 6.07) is 7.58. The summed E-state index contributed by atoms with van der Waals surface area (Å²) in [5.41, 5.74) is 1.91. The smallest absolute Gasteiger partial charge is 0.179 e. The topological polar surface area (TPSA) is 71.5 Å². The Morgan fingerprint density at radius 3 is 2.60 bits per heavy atom. The van der Waals surface area contributed by atoms with Gasteiger partial charge in [0, 0.05) is 12.0 Å². The van der Waals surface area contributed by atoms with Gasteiger partial charge in [0.15, 0.2) is 5.82 Å². The van der Waals surface area contributed by atoms with E-state index in [0.717, 1.165) is 11.1 Å². The van der Waals surface area contributed by atoms with Gasteiger partial charge in [0.2, 0.25) is 0 Å². The van der Waals surface area contributed by atoms with Gasteiger partial charge in [-0.1, -0.05) is 24.3 Å². The van der Waals surface area contributed by atoms with E-state index in [9.17, 15) is 4.79 Å². The van der Waals surface area contributed by atoms with E-state index in [0.29, 0.717) is 12.2 Å². The van der Waals surface area contributed by atoms with Crippen LogP contribution in [0.5, 0.6) is 0 Å². The first-order valence-corrected chi connectivity index (χ1v) is 4.58. The van der Waals surface area contributed by atoms with E-state index in [1.165, 1.54) is 0 Å². The highest BCUT2D eigenvalue weighted by atomic mass is 16.1. The first-order chi connectivity index (χ1) is 7.25. The maximum absolute atomic E-state index is 10.9. The van der Waals surface area contributed by atoms with Gasteiger partial charge >= 0.3 is 0 Å². The van der Waals surface area contributed by atoms with Crippen molar-refractivity contribution in [1.29, 1.82) is 0 Å². The largest absolute Gasteiger partial charge is 0.300 e. The molecule has 0 bridgehead atoms. The van der Waals surface area contributed by atoms with Crippen LogP contribution in [0.4, 0.5) is 0 Å². The third-order valence-corrected chi connectivity index (χ3v) is 2.03. The monoisotopic (exact) mass is 202 g/mol. The molecule has 2 rings (SSSR count). The molecule has 0 saturated heterocycles. The summed E-state index contributed by atoms with van der Waals surface area (Å²) in [5, 5.41) is 13.5. The van der Waals surface area contributed by atoms with Gasteiger partial charge in [-0.2, -0.15) is 0 Å². The fourth-order valence-electron chi connectivity index (χ4n) is 1.35. The molecule has 0 radical (unpaired) electrons. The SMILES string of the molecule is CC(=O)Cc1ccc(-c2nnn[nH]2)cc1. The third kappa shape index (κ3) is 2.25. The van der Waals surface area contributed by atoms with Gasteiger partial charge in [-0.15, -0.1) is 5.10 Å². The minimum atomic E-state index is 0.157. The van der Waals surface area contributed by atoms with Crippen molar-refractivity contribution in [2.75, 3.05) is 0 Å². The molecule has 1 heterocycles. The van der Waals surface area contributed by atoms with Gasteiger partial charge in [-0.25, -0.2) is 5.10 Å². The molecular weight excluding hydrogens is 192 g/mol. The van der Waals surface area contributed by atoms with Gasteiger partial charge in [0.1, 0.15) is 5.78 Å². The summed E-state index contributed by atoms with van der Waals surface area (Å²) in [5.74, 6) is 0.786. The fraction of sp³-hybridized carbons (Fsp3) is 0.200. The second-order valence-corrected chi connectivity index (χ2v) is 3.33. The predicted octanol–water partition coefficient (Wildman–Crippen LogP) is 0.998. The first-order valence-electron chi connectivity index (χ1n) is 4.58. The summed E-state index contributed by atoms with van der Waals surface area (Å²) < 4.78 is 0. The molecule has 0 amide bonds. The van der Waals surface area contributed by atoms with Crippen molar-refractivity contribution >= 4 is 5.78 Å². The molecule has 5 heteroatoms. The molecule has 1 N–H and O–H groups in total. The Bertz CT molecular complexity index is 447. The van der Waals surface area contributed by atoms with E-state index >= 15 is 0 Å². The van der Waals surface area contributed by atoms with Crippen LogP contribution in [0.1, 0.15) is 12.5 Å². The number of carbonyl (C=O) groups excluding carboxylic acids is 1. The Balaban J connectivity index is 2.21. The van der Waals surface area contributed by atoms with Crippen LogP contribution in [0.25, 0.3) is 11.4 Å². The van der Waals surface area contributed by atoms with Crippen LogP contribution in [0.15, 0.2) is 24.3 Å². The molecule has 15 heavy (non-hydrogen) atoms. The summed E-state index contributed by atoms with van der Waals surface area (Å²) in [4.78, 5) is 10.9. The second-order valence-electron chi connectivity index (χ2n) is 3.33. The number of H-pyrrole nitrogens is 1. The van der Waals surface area contributed by atoms with E-state index in [-0.39, 0.29) is 5.78 Å². The first kappa shape index (κ1) is 9.51. The van der Waals surface area contributed by atoms with Crippen molar-refractivity contribution in [2.45, 2.75) is 13.3 Å². The lowest BCUT2D eigenvalue weighted by Crippen LogP contribution is -1.95. The predicted molar refractivity (Wildman–Crippen MR) is 54.0 cm³/mol. The van der Waals surface area contributed by atoms with Gasteiger partial charge in [-0.05, 0) is 22.9 Å². The van der Waals surface area contributed by atoms with E-state index in [1.54, 1.807) is 6.92 Å². The summed E-state index contributed by atoms with van der Waals surface area (Å²) in [6.07, 6.45) is 0.467. The highest BCUT2D eigenvalue weighted by Gasteiger charge is 2.02. The maximum atomic E-state index is 10.9. The number of hydrogen-bond acceptors (Lipinski definition) is 4. The van der Waals surface area contributed by atoms with Crippen LogP contribution in [-0.2, 0) is 11.2 Å². The van der Waals surface area contributed by atoms with E-state index < -0.39 is 0 Å². The third-order valence-electron chi connectivity index (χ3n) is 2.03. The molecule has 0 atom stereocenters. The molecule has 0 aliphatic rings. The standard InChI is InChI=1S/C10H10N4O/c1-7(15)6-8-2-4-9(5-3-8)10-11-13-14-12-10/h2-5H,6H2,1H3,(H,11,12,13,14). The van der Waals surface area contributed by atoms with Crippen LogP contribution in [0.2, 0.25) is 0 Å². The normalized spacial score (nSPS) is 10.2. The Kier molecular flexibility index (Phi) is 2.53. The van der Waals surface area contributed by atoms with Crippen LogP contribution >= 0.6 is 0 Å². The summed E-state index contributed by atoms with van der Waals surface area (Å²) in [6.45, 7) is 1.58. The highest BCUT2D eigenvalue weighted by molar-refractivity contribution is 5.78. The van der Waals surface area contributed by atoms with Crippen LogP contribution < -0.4 is 0 Å². The lowest BCUT2D eigenvalue weighted by molar-refractivity contribution is -0.116. The number of nitrogens with zero attached hydrogens (tertiary/aromatic N) is 3. The average molecular weight is 202 g/mol. The number of rotatable bonds is 3. The number of aromatic amines is 1. The van der Waals surface area contributed by atoms with Gasteiger partial charge < -0.3 is 0 Å². The Labute approximate surface area is 86.5 Å². The van der Waals surface area contributed by atoms with E-state index in [2.05, 4.69) is 20.6 Å². The van der Waals surface area contributed by atoms with Crippen molar-refractivity contribution in [1.82, 2.24) is 20.6 Å². The lowest BCUT2D eigenvalue weighted by atomic mass is 10.1. The van der Waals surface area contributed by atoms with Gasteiger partial charge in [0.05, 0.1) is 0 Å². The zero-order valence-electron chi connectivity index (χ0n) is 8.27. The van der Waals surface area contributed by atoms with Crippen molar-refractivity contribution in [2.24, 2.45) is 0 Å². The van der Waals surface area contributed by atoms with Crippen molar-refractivity contribution in [3.63, 3.8) is 0 Å². The molecule has 0 unspecified atom stereocenters. The molecule has 0 aliphatic heterocycles. The van der Waals surface area contributed by atoms with Crippen molar-refractivity contribution in [3.8, 4) is 11.4 Å². The van der Waals surface area contributed by atoms with Gasteiger partial charge in [-0.3, -0.25) is 4.79 Å². The molecule has 1 aromatic heterocycles. The van der Waals surface area contributed by atoms with Crippen molar-refractivity contribution < 1.29 is 4.79 Å². The molecule has 0 saturated carbocycles. The van der Waals surface area contributed by atoms with Crippen LogP contribution in [-0.4, -0.2) is 26.4 Å². The minimum Gasteiger partial charge on any atom is -0.300 e. The number of tetrazole rings is 1.